The summed E-state index contributed by atoms with van der Waals surface area (Å²) in [4.78, 5) is 8.55. The van der Waals surface area contributed by atoms with Gasteiger partial charge in [0.25, 0.3) is 0 Å². The summed E-state index contributed by atoms with van der Waals surface area (Å²) in [6.45, 7) is 1.93. The molecule has 8 heteroatoms. The number of nitrogens with zero attached hydrogens (tertiary/aromatic N) is 3. The van der Waals surface area contributed by atoms with E-state index in [1.165, 1.54) is 0 Å². The Hall–Kier alpha value is -3.46. The van der Waals surface area contributed by atoms with Gasteiger partial charge in [-0.2, -0.15) is 8.42 Å². The smallest absolute Gasteiger partial charge is 0.307 e. The summed E-state index contributed by atoms with van der Waals surface area (Å²) in [5, 5.41) is 0. The van der Waals surface area contributed by atoms with Gasteiger partial charge in [0.15, 0.2) is 0 Å². The van der Waals surface area contributed by atoms with Gasteiger partial charge in [-0.1, -0.05) is 17.7 Å². The number of anilines is 3. The van der Waals surface area contributed by atoms with Crippen LogP contribution < -0.4 is 14.7 Å². The molecule has 0 aliphatic heterocycles. The molecule has 0 bridgehead atoms. The predicted molar refractivity (Wildman–Crippen MR) is 164 cm³/mol. The average Bonchev–Trinajstić information content (AvgIpc) is 2.92. The van der Waals surface area contributed by atoms with Crippen LogP contribution in [0.5, 0.6) is 0 Å². The first-order valence-corrected chi connectivity index (χ1v) is 15.6. The van der Waals surface area contributed by atoms with Gasteiger partial charge in [0.05, 0.1) is 4.90 Å². The van der Waals surface area contributed by atoms with E-state index >= 15 is 0 Å². The number of hydrogen-bond donors (Lipinski definition) is 0. The van der Waals surface area contributed by atoms with Crippen LogP contribution in [0.25, 0.3) is 0 Å². The summed E-state index contributed by atoms with van der Waals surface area (Å²) < 4.78 is 34.5. The van der Waals surface area contributed by atoms with E-state index in [-0.39, 0.29) is 4.90 Å². The van der Waals surface area contributed by atoms with Gasteiger partial charge in [0.1, 0.15) is 0 Å². The lowest BCUT2D eigenvalue weighted by Crippen LogP contribution is -2.16. The highest BCUT2D eigenvalue weighted by Gasteiger charge is 2.38. The maximum Gasteiger partial charge on any atom is 0.307 e. The molecule has 0 saturated heterocycles. The second-order valence-electron chi connectivity index (χ2n) is 10.1. The molecule has 0 heterocycles. The molecule has 4 aromatic rings. The van der Waals surface area contributed by atoms with Gasteiger partial charge in [-0.3, -0.25) is 0 Å². The van der Waals surface area contributed by atoms with Crippen molar-refractivity contribution in [3.63, 3.8) is 0 Å². The van der Waals surface area contributed by atoms with Gasteiger partial charge in [0.2, 0.25) is 0 Å². The number of benzene rings is 4. The predicted octanol–water partition coefficient (Wildman–Crippen LogP) is 6.80. The molecule has 0 fully saturated rings. The van der Waals surface area contributed by atoms with E-state index in [9.17, 15) is 8.42 Å². The van der Waals surface area contributed by atoms with Crippen molar-refractivity contribution in [2.75, 3.05) is 57.0 Å². The Morgan fingerprint density at radius 3 is 1.03 bits per heavy atom. The topological polar surface area (TPSA) is 53.1 Å². The lowest BCUT2D eigenvalue weighted by molar-refractivity contribution is 0.508. The van der Waals surface area contributed by atoms with Gasteiger partial charge in [-0.05, 0) is 102 Å². The monoisotopic (exact) mass is 563 g/mol. The third-order valence-electron chi connectivity index (χ3n) is 6.56. The molecule has 0 aromatic heterocycles. The summed E-state index contributed by atoms with van der Waals surface area (Å²) in [5.41, 5.74) is 4.02. The molecule has 206 valence electrons. The number of aryl methyl sites for hydroxylation is 1. The van der Waals surface area contributed by atoms with Crippen molar-refractivity contribution >= 4 is 37.5 Å². The van der Waals surface area contributed by atoms with Gasteiger partial charge in [-0.15, -0.1) is 0 Å². The van der Waals surface area contributed by atoms with Gasteiger partial charge >= 0.3 is 10.1 Å². The first kappa shape index (κ1) is 28.5. The molecule has 0 saturated carbocycles. The molecule has 0 aliphatic rings. The fourth-order valence-electron chi connectivity index (χ4n) is 4.21. The third kappa shape index (κ3) is 5.93. The lowest BCUT2D eigenvalue weighted by Gasteiger charge is -2.40. The molecule has 0 amide bonds. The highest BCUT2D eigenvalue weighted by atomic mass is 32.3. The van der Waals surface area contributed by atoms with E-state index in [1.807, 2.05) is 137 Å². The van der Waals surface area contributed by atoms with Crippen LogP contribution in [0.4, 0.5) is 17.1 Å². The SMILES string of the molecule is Cc1ccc(S(=O)(=O)OS(c2ccc(N(C)C)cc2)(c2ccc(N(C)C)cc2)c2ccc(N(C)C)cc2)cc1. The van der Waals surface area contributed by atoms with Crippen LogP contribution >= 0.6 is 10.3 Å². The minimum absolute atomic E-state index is 0.129. The van der Waals surface area contributed by atoms with Crippen LogP contribution in [0.1, 0.15) is 5.56 Å². The minimum Gasteiger partial charge on any atom is -0.378 e. The molecular weight excluding hydrogens is 526 g/mol. The molecule has 0 atom stereocenters. The fraction of sp³-hybridized carbons (Fsp3) is 0.226. The van der Waals surface area contributed by atoms with Gasteiger partial charge in [0, 0.05) is 74.0 Å². The Labute approximate surface area is 235 Å². The molecule has 0 aliphatic carbocycles. The van der Waals surface area contributed by atoms with Crippen LogP contribution in [-0.2, 0) is 13.7 Å². The van der Waals surface area contributed by atoms with E-state index in [0.29, 0.717) is 0 Å². The summed E-state index contributed by atoms with van der Waals surface area (Å²) in [6.07, 6.45) is 0. The zero-order valence-corrected chi connectivity index (χ0v) is 25.3. The van der Waals surface area contributed by atoms with Crippen molar-refractivity contribution in [1.82, 2.24) is 0 Å². The quantitative estimate of drug-likeness (QED) is 0.223. The normalized spacial score (nSPS) is 12.2. The molecule has 4 rings (SSSR count). The highest BCUT2D eigenvalue weighted by molar-refractivity contribution is 8.33. The van der Waals surface area contributed by atoms with E-state index in [1.54, 1.807) is 24.3 Å². The zero-order chi connectivity index (χ0) is 28.4. The average molecular weight is 564 g/mol. The summed E-state index contributed by atoms with van der Waals surface area (Å²) in [6, 6.07) is 30.7. The Balaban J connectivity index is 2.02. The molecule has 0 spiro atoms. The van der Waals surface area contributed by atoms with Crippen molar-refractivity contribution in [3.05, 3.63) is 103 Å². The number of hydrogen-bond acceptors (Lipinski definition) is 6. The Kier molecular flexibility index (Phi) is 8.30. The van der Waals surface area contributed by atoms with Crippen molar-refractivity contribution in [3.8, 4) is 0 Å². The van der Waals surface area contributed by atoms with Gasteiger partial charge in [-0.25, -0.2) is 3.63 Å². The van der Waals surface area contributed by atoms with Crippen LogP contribution in [0, 0.1) is 6.92 Å². The minimum atomic E-state index is -4.15. The molecular formula is C31H37N3O3S2. The van der Waals surface area contributed by atoms with Crippen molar-refractivity contribution < 1.29 is 12.0 Å². The number of rotatable bonds is 9. The molecule has 39 heavy (non-hydrogen) atoms. The van der Waals surface area contributed by atoms with Crippen molar-refractivity contribution in [2.45, 2.75) is 26.5 Å². The van der Waals surface area contributed by atoms with E-state index in [0.717, 1.165) is 37.3 Å². The Bertz CT molecular complexity index is 1370. The second kappa shape index (κ2) is 11.3. The zero-order valence-electron chi connectivity index (χ0n) is 23.6. The Morgan fingerprint density at radius 2 is 0.744 bits per heavy atom. The standard InChI is InChI=1S/C31H37N3O3S2/c1-24-8-16-31(17-9-24)39(35,36)37-38(28-18-10-25(11-19-28)32(2)3,29-20-12-26(13-21-29)33(4)5)30-22-14-27(15-23-30)34(6)7/h8-23H,1-7H3. The van der Waals surface area contributed by atoms with E-state index in [4.69, 9.17) is 3.63 Å². The molecule has 0 N–H and O–H groups in total. The fourth-order valence-corrected chi connectivity index (χ4v) is 9.39. The largest absolute Gasteiger partial charge is 0.378 e. The van der Waals surface area contributed by atoms with E-state index in [2.05, 4.69) is 0 Å². The van der Waals surface area contributed by atoms with Crippen molar-refractivity contribution in [1.29, 1.82) is 0 Å². The molecule has 6 nitrogen and oxygen atoms in total. The highest BCUT2D eigenvalue weighted by Crippen LogP contribution is 2.70. The third-order valence-corrected chi connectivity index (χ3v) is 11.7. The molecule has 0 radical (unpaired) electrons. The first-order chi connectivity index (χ1) is 18.4. The molecule has 4 aromatic carbocycles. The Morgan fingerprint density at radius 1 is 0.462 bits per heavy atom. The first-order valence-electron chi connectivity index (χ1n) is 12.6. The lowest BCUT2D eigenvalue weighted by atomic mass is 10.2. The second-order valence-corrected chi connectivity index (χ2v) is 14.5. The maximum absolute atomic E-state index is 14.0. The summed E-state index contributed by atoms with van der Waals surface area (Å²) >= 11 is 0. The maximum atomic E-state index is 14.0. The molecule has 0 unspecified atom stereocenters. The summed E-state index contributed by atoms with van der Waals surface area (Å²) in [5.74, 6) is 0. The van der Waals surface area contributed by atoms with Gasteiger partial charge < -0.3 is 14.7 Å². The van der Waals surface area contributed by atoms with Crippen LogP contribution in [0.2, 0.25) is 0 Å². The van der Waals surface area contributed by atoms with Crippen molar-refractivity contribution in [2.24, 2.45) is 0 Å². The summed E-state index contributed by atoms with van der Waals surface area (Å²) in [7, 11) is 5.01. The van der Waals surface area contributed by atoms with E-state index < -0.39 is 20.4 Å². The van der Waals surface area contributed by atoms with Crippen LogP contribution in [0.15, 0.2) is 117 Å². The van der Waals surface area contributed by atoms with Crippen LogP contribution in [0.3, 0.4) is 0 Å². The van der Waals surface area contributed by atoms with Crippen LogP contribution in [-0.4, -0.2) is 50.7 Å².